The van der Waals surface area contributed by atoms with E-state index in [4.69, 9.17) is 10.5 Å². The van der Waals surface area contributed by atoms with Crippen molar-refractivity contribution < 1.29 is 9.53 Å². The maximum atomic E-state index is 11.7. The molecule has 2 rings (SSSR count). The van der Waals surface area contributed by atoms with Crippen LogP contribution in [-0.4, -0.2) is 37.8 Å². The number of hydrogen-bond acceptors (Lipinski definition) is 6. The molecule has 2 aromatic rings. The number of hydrogen-bond donors (Lipinski definition) is 2. The second kappa shape index (κ2) is 8.82. The number of aryl methyl sites for hydroxylation is 2. The number of amides is 1. The standard InChI is InChI=1S/C18H30N6O2/c1-5-6-9-13-23-14-15(19)21-12-22-16(14)24(13)11-8-7-10-20-17(25)26-18(2,3)4/h12H,5-11H2,1-4H3,(H,20,25)(H2,19,21,22). The summed E-state index contributed by atoms with van der Waals surface area (Å²) in [5, 5.41) is 2.78. The van der Waals surface area contributed by atoms with Crippen LogP contribution < -0.4 is 11.1 Å². The van der Waals surface area contributed by atoms with Gasteiger partial charge in [-0.1, -0.05) is 13.3 Å². The van der Waals surface area contributed by atoms with Crippen LogP contribution in [0.25, 0.3) is 11.2 Å². The number of ether oxygens (including phenoxy) is 1. The summed E-state index contributed by atoms with van der Waals surface area (Å²) >= 11 is 0. The first-order chi connectivity index (χ1) is 12.3. The van der Waals surface area contributed by atoms with Crippen LogP contribution in [0, 0.1) is 0 Å². The van der Waals surface area contributed by atoms with Crippen molar-refractivity contribution in [2.24, 2.45) is 0 Å². The topological polar surface area (TPSA) is 108 Å². The summed E-state index contributed by atoms with van der Waals surface area (Å²) in [6.07, 6.45) is 5.89. The van der Waals surface area contributed by atoms with E-state index in [2.05, 4.69) is 31.8 Å². The van der Waals surface area contributed by atoms with Crippen molar-refractivity contribution in [1.29, 1.82) is 0 Å². The van der Waals surface area contributed by atoms with Crippen molar-refractivity contribution in [2.45, 2.75) is 71.9 Å². The molecule has 8 nitrogen and oxygen atoms in total. The Morgan fingerprint density at radius 1 is 1.27 bits per heavy atom. The van der Waals surface area contributed by atoms with Gasteiger partial charge < -0.3 is 20.4 Å². The van der Waals surface area contributed by atoms with Crippen LogP contribution in [0.1, 0.15) is 59.2 Å². The van der Waals surface area contributed by atoms with E-state index in [1.54, 1.807) is 0 Å². The Morgan fingerprint density at radius 3 is 2.73 bits per heavy atom. The van der Waals surface area contributed by atoms with Crippen LogP contribution in [-0.2, 0) is 17.7 Å². The molecule has 1 amide bonds. The molecular formula is C18H30N6O2. The van der Waals surface area contributed by atoms with Crippen molar-refractivity contribution in [2.75, 3.05) is 12.3 Å². The van der Waals surface area contributed by atoms with E-state index in [-0.39, 0.29) is 6.09 Å². The van der Waals surface area contributed by atoms with Crippen molar-refractivity contribution >= 4 is 23.1 Å². The van der Waals surface area contributed by atoms with Gasteiger partial charge in [0.05, 0.1) is 0 Å². The van der Waals surface area contributed by atoms with Gasteiger partial charge in [-0.2, -0.15) is 0 Å². The van der Waals surface area contributed by atoms with Crippen molar-refractivity contribution in [3.63, 3.8) is 0 Å². The molecule has 2 heterocycles. The van der Waals surface area contributed by atoms with Gasteiger partial charge in [0.1, 0.15) is 17.8 Å². The summed E-state index contributed by atoms with van der Waals surface area (Å²) in [5.74, 6) is 1.41. The Kier molecular flexibility index (Phi) is 6.76. The molecule has 0 spiro atoms. The fourth-order valence-corrected chi connectivity index (χ4v) is 2.66. The Bertz CT molecular complexity index is 735. The van der Waals surface area contributed by atoms with Gasteiger partial charge in [0.25, 0.3) is 0 Å². The third kappa shape index (κ3) is 5.57. The fraction of sp³-hybridized carbons (Fsp3) is 0.667. The van der Waals surface area contributed by atoms with Crippen LogP contribution in [0.4, 0.5) is 10.6 Å². The summed E-state index contributed by atoms with van der Waals surface area (Å²) < 4.78 is 7.35. The van der Waals surface area contributed by atoms with Gasteiger partial charge in [0.2, 0.25) is 0 Å². The maximum absolute atomic E-state index is 11.7. The number of unbranched alkanes of at least 4 members (excludes halogenated alkanes) is 2. The number of carbonyl (C=O) groups excluding carboxylic acids is 1. The molecule has 0 aliphatic rings. The lowest BCUT2D eigenvalue weighted by Crippen LogP contribution is -2.33. The molecule has 2 aromatic heterocycles. The van der Waals surface area contributed by atoms with Gasteiger partial charge in [0, 0.05) is 19.5 Å². The van der Waals surface area contributed by atoms with Crippen LogP contribution in [0.15, 0.2) is 6.33 Å². The minimum atomic E-state index is -0.479. The average Bonchev–Trinajstić information content (AvgIpc) is 2.90. The highest BCUT2D eigenvalue weighted by Crippen LogP contribution is 2.20. The first-order valence-electron chi connectivity index (χ1n) is 9.24. The van der Waals surface area contributed by atoms with E-state index >= 15 is 0 Å². The van der Waals surface area contributed by atoms with Gasteiger partial charge in [-0.15, -0.1) is 0 Å². The predicted octanol–water partition coefficient (Wildman–Crippen LogP) is 3.06. The maximum Gasteiger partial charge on any atom is 0.407 e. The monoisotopic (exact) mass is 362 g/mol. The number of carbonyl (C=O) groups is 1. The van der Waals surface area contributed by atoms with E-state index in [9.17, 15) is 4.79 Å². The molecule has 0 saturated heterocycles. The average molecular weight is 362 g/mol. The zero-order chi connectivity index (χ0) is 19.2. The van der Waals surface area contributed by atoms with Crippen LogP contribution in [0.5, 0.6) is 0 Å². The third-order valence-electron chi connectivity index (χ3n) is 3.87. The number of nitrogens with two attached hydrogens (primary N) is 1. The van der Waals surface area contributed by atoms with Gasteiger partial charge in [-0.05, 0) is 40.0 Å². The molecule has 3 N–H and O–H groups in total. The van der Waals surface area contributed by atoms with E-state index in [0.717, 1.165) is 50.1 Å². The third-order valence-corrected chi connectivity index (χ3v) is 3.87. The zero-order valence-electron chi connectivity index (χ0n) is 16.2. The molecular weight excluding hydrogens is 332 g/mol. The van der Waals surface area contributed by atoms with Gasteiger partial charge in [-0.3, -0.25) is 0 Å². The van der Waals surface area contributed by atoms with E-state index < -0.39 is 5.60 Å². The number of anilines is 1. The number of fused-ring (bicyclic) bond motifs is 1. The van der Waals surface area contributed by atoms with Crippen LogP contribution in [0.3, 0.4) is 0 Å². The lowest BCUT2D eigenvalue weighted by Gasteiger charge is -2.19. The molecule has 0 bridgehead atoms. The molecule has 26 heavy (non-hydrogen) atoms. The van der Waals surface area contributed by atoms with Gasteiger partial charge >= 0.3 is 6.09 Å². The minimum absolute atomic E-state index is 0.380. The second-order valence-electron chi connectivity index (χ2n) is 7.35. The Hall–Kier alpha value is -2.38. The van der Waals surface area contributed by atoms with Crippen LogP contribution >= 0.6 is 0 Å². The summed E-state index contributed by atoms with van der Waals surface area (Å²) in [5.41, 5.74) is 6.91. The molecule has 0 saturated carbocycles. The summed E-state index contributed by atoms with van der Waals surface area (Å²) in [6, 6.07) is 0. The lowest BCUT2D eigenvalue weighted by molar-refractivity contribution is 0.0527. The van der Waals surface area contributed by atoms with Gasteiger partial charge in [-0.25, -0.2) is 19.7 Å². The lowest BCUT2D eigenvalue weighted by atomic mass is 10.2. The summed E-state index contributed by atoms with van der Waals surface area (Å²) in [6.45, 7) is 9.06. The van der Waals surface area contributed by atoms with E-state index in [1.165, 1.54) is 6.33 Å². The Balaban J connectivity index is 1.93. The number of aromatic nitrogens is 4. The van der Waals surface area contributed by atoms with Crippen molar-refractivity contribution in [1.82, 2.24) is 24.8 Å². The highest BCUT2D eigenvalue weighted by atomic mass is 16.6. The number of rotatable bonds is 8. The second-order valence-corrected chi connectivity index (χ2v) is 7.35. The number of alkyl carbamates (subject to hydrolysis) is 1. The minimum Gasteiger partial charge on any atom is -0.444 e. The molecule has 0 aliphatic heterocycles. The molecule has 8 heteroatoms. The first-order valence-corrected chi connectivity index (χ1v) is 9.24. The largest absolute Gasteiger partial charge is 0.444 e. The molecule has 0 aliphatic carbocycles. The molecule has 0 radical (unpaired) electrons. The first kappa shape index (κ1) is 19.9. The Labute approximate surface area is 154 Å². The van der Waals surface area contributed by atoms with Crippen molar-refractivity contribution in [3.05, 3.63) is 12.2 Å². The predicted molar refractivity (Wildman–Crippen MR) is 102 cm³/mol. The number of imidazole rings is 1. The molecule has 0 atom stereocenters. The summed E-state index contributed by atoms with van der Waals surface area (Å²) in [4.78, 5) is 24.7. The number of nitrogens with zero attached hydrogens (tertiary/aromatic N) is 4. The normalized spacial score (nSPS) is 11.7. The number of nitrogen functional groups attached to an aromatic ring is 1. The zero-order valence-corrected chi connectivity index (χ0v) is 16.2. The SMILES string of the molecule is CCCCc1nc2c(N)ncnc2n1CCCCNC(=O)OC(C)(C)C. The highest BCUT2D eigenvalue weighted by Gasteiger charge is 2.16. The van der Waals surface area contributed by atoms with E-state index in [1.807, 2.05) is 20.8 Å². The highest BCUT2D eigenvalue weighted by molar-refractivity contribution is 5.81. The van der Waals surface area contributed by atoms with Crippen LogP contribution in [0.2, 0.25) is 0 Å². The molecule has 144 valence electrons. The quantitative estimate of drug-likeness (QED) is 0.699. The molecule has 0 fully saturated rings. The van der Waals surface area contributed by atoms with E-state index in [0.29, 0.717) is 17.9 Å². The molecule has 0 aromatic carbocycles. The summed E-state index contributed by atoms with van der Waals surface area (Å²) in [7, 11) is 0. The Morgan fingerprint density at radius 2 is 2.04 bits per heavy atom. The molecule has 0 unspecified atom stereocenters. The fourth-order valence-electron chi connectivity index (χ4n) is 2.66. The van der Waals surface area contributed by atoms with Gasteiger partial charge in [0.15, 0.2) is 17.0 Å². The number of nitrogens with one attached hydrogen (secondary N) is 1. The smallest absolute Gasteiger partial charge is 0.407 e. The van der Waals surface area contributed by atoms with Crippen molar-refractivity contribution in [3.8, 4) is 0 Å².